The van der Waals surface area contributed by atoms with E-state index in [2.05, 4.69) is 17.1 Å². The molecule has 82 valence electrons. The molecule has 0 spiro atoms. The minimum Gasteiger partial charge on any atom is -0.396 e. The summed E-state index contributed by atoms with van der Waals surface area (Å²) in [7, 11) is 0. The predicted molar refractivity (Wildman–Crippen MR) is 54.2 cm³/mol. The van der Waals surface area contributed by atoms with E-state index in [0.29, 0.717) is 6.04 Å². The number of ether oxygens (including phenoxy) is 1. The van der Waals surface area contributed by atoms with E-state index < -0.39 is 0 Å². The molecule has 0 radical (unpaired) electrons. The Bertz CT molecular complexity index is 189. The van der Waals surface area contributed by atoms with E-state index in [1.807, 2.05) is 0 Å². The van der Waals surface area contributed by atoms with Crippen LogP contribution in [0.5, 0.6) is 0 Å². The lowest BCUT2D eigenvalue weighted by Gasteiger charge is -2.45. The van der Waals surface area contributed by atoms with Gasteiger partial charge in [-0.05, 0) is 6.92 Å². The molecular weight excluding hydrogens is 180 g/mol. The first-order valence-corrected chi connectivity index (χ1v) is 5.38. The molecule has 0 aromatic rings. The molecule has 4 nitrogen and oxygen atoms in total. The molecule has 2 fully saturated rings. The number of aliphatic hydroxyl groups excluding tert-OH is 1. The highest BCUT2D eigenvalue weighted by Gasteiger charge is 2.40. The Morgan fingerprint density at radius 1 is 1.57 bits per heavy atom. The van der Waals surface area contributed by atoms with Gasteiger partial charge in [-0.2, -0.15) is 0 Å². The molecule has 2 aliphatic heterocycles. The van der Waals surface area contributed by atoms with Crippen molar-refractivity contribution < 1.29 is 9.84 Å². The Labute approximate surface area is 85.2 Å². The van der Waals surface area contributed by atoms with Crippen LogP contribution in [-0.2, 0) is 4.74 Å². The molecule has 0 aromatic heterocycles. The second-order valence-electron chi connectivity index (χ2n) is 4.74. The van der Waals surface area contributed by atoms with E-state index in [1.165, 1.54) is 0 Å². The summed E-state index contributed by atoms with van der Waals surface area (Å²) in [6.07, 6.45) is 0. The fourth-order valence-corrected chi connectivity index (χ4v) is 2.25. The molecule has 4 heteroatoms. The second kappa shape index (κ2) is 4.14. The molecule has 2 N–H and O–H groups in total. The summed E-state index contributed by atoms with van der Waals surface area (Å²) in [5.41, 5.74) is 0.0387. The highest BCUT2D eigenvalue weighted by atomic mass is 16.5. The van der Waals surface area contributed by atoms with Crippen LogP contribution >= 0.6 is 0 Å². The largest absolute Gasteiger partial charge is 0.396 e. The van der Waals surface area contributed by atoms with Crippen molar-refractivity contribution in [1.29, 1.82) is 0 Å². The molecule has 2 heterocycles. The Morgan fingerprint density at radius 2 is 2.36 bits per heavy atom. The Morgan fingerprint density at radius 3 is 2.86 bits per heavy atom. The highest BCUT2D eigenvalue weighted by Crippen LogP contribution is 2.28. The molecule has 0 amide bonds. The second-order valence-corrected chi connectivity index (χ2v) is 4.74. The maximum Gasteiger partial charge on any atom is 0.0579 e. The topological polar surface area (TPSA) is 44.7 Å². The molecule has 14 heavy (non-hydrogen) atoms. The summed E-state index contributed by atoms with van der Waals surface area (Å²) in [6, 6.07) is 0.570. The summed E-state index contributed by atoms with van der Waals surface area (Å²) in [5, 5.41) is 12.7. The van der Waals surface area contributed by atoms with Gasteiger partial charge in [0, 0.05) is 32.2 Å². The first-order chi connectivity index (χ1) is 6.74. The third kappa shape index (κ3) is 2.08. The lowest BCUT2D eigenvalue weighted by atomic mass is 9.86. The van der Waals surface area contributed by atoms with E-state index in [4.69, 9.17) is 4.74 Å². The van der Waals surface area contributed by atoms with Crippen LogP contribution in [0.4, 0.5) is 0 Å². The minimum atomic E-state index is 0.0387. The van der Waals surface area contributed by atoms with Crippen molar-refractivity contribution in [3.8, 4) is 0 Å². The fourth-order valence-electron chi connectivity index (χ4n) is 2.25. The maximum atomic E-state index is 9.31. The van der Waals surface area contributed by atoms with Crippen LogP contribution in [0.15, 0.2) is 0 Å². The van der Waals surface area contributed by atoms with Gasteiger partial charge in [0.25, 0.3) is 0 Å². The fraction of sp³-hybridized carbons (Fsp3) is 1.00. The van der Waals surface area contributed by atoms with Crippen molar-refractivity contribution >= 4 is 0 Å². The monoisotopic (exact) mass is 200 g/mol. The Hall–Kier alpha value is -0.160. The van der Waals surface area contributed by atoms with E-state index in [9.17, 15) is 5.11 Å². The van der Waals surface area contributed by atoms with Crippen LogP contribution < -0.4 is 5.32 Å². The zero-order chi connectivity index (χ0) is 10.0. The van der Waals surface area contributed by atoms with Gasteiger partial charge in [0.15, 0.2) is 0 Å². The first kappa shape index (κ1) is 10.4. The molecule has 1 unspecified atom stereocenters. The quantitative estimate of drug-likeness (QED) is 0.632. The van der Waals surface area contributed by atoms with Gasteiger partial charge >= 0.3 is 0 Å². The van der Waals surface area contributed by atoms with Crippen molar-refractivity contribution in [2.75, 3.05) is 46.0 Å². The molecule has 1 atom stereocenters. The molecular formula is C10H20N2O2. The van der Waals surface area contributed by atoms with Crippen molar-refractivity contribution in [3.63, 3.8) is 0 Å². The Kier molecular flexibility index (Phi) is 3.07. The van der Waals surface area contributed by atoms with Crippen molar-refractivity contribution in [2.45, 2.75) is 13.0 Å². The van der Waals surface area contributed by atoms with E-state index in [-0.39, 0.29) is 12.0 Å². The average Bonchev–Trinajstić information content (AvgIpc) is 2.11. The van der Waals surface area contributed by atoms with Gasteiger partial charge in [0.05, 0.1) is 25.2 Å². The third-order valence-corrected chi connectivity index (χ3v) is 3.16. The molecule has 0 bridgehead atoms. The summed E-state index contributed by atoms with van der Waals surface area (Å²) >= 11 is 0. The van der Waals surface area contributed by atoms with Gasteiger partial charge in [0.1, 0.15) is 0 Å². The maximum absolute atomic E-state index is 9.31. The number of nitrogens with one attached hydrogen (secondary N) is 1. The SMILES string of the molecule is CC1CN(CC2(CO)COC2)CCN1. The molecule has 2 saturated heterocycles. The van der Waals surface area contributed by atoms with Crippen LogP contribution in [0.3, 0.4) is 0 Å². The number of rotatable bonds is 3. The minimum absolute atomic E-state index is 0.0387. The van der Waals surface area contributed by atoms with Gasteiger partial charge in [0.2, 0.25) is 0 Å². The van der Waals surface area contributed by atoms with Crippen LogP contribution in [0.25, 0.3) is 0 Å². The van der Waals surface area contributed by atoms with Crippen molar-refractivity contribution in [1.82, 2.24) is 10.2 Å². The zero-order valence-corrected chi connectivity index (χ0v) is 8.83. The number of nitrogens with zero attached hydrogens (tertiary/aromatic N) is 1. The van der Waals surface area contributed by atoms with Crippen molar-refractivity contribution in [2.24, 2.45) is 5.41 Å². The van der Waals surface area contributed by atoms with Crippen LogP contribution in [0.2, 0.25) is 0 Å². The molecule has 2 rings (SSSR count). The summed E-state index contributed by atoms with van der Waals surface area (Å²) in [4.78, 5) is 2.43. The van der Waals surface area contributed by atoms with Gasteiger partial charge in [-0.25, -0.2) is 0 Å². The third-order valence-electron chi connectivity index (χ3n) is 3.16. The highest BCUT2D eigenvalue weighted by molar-refractivity contribution is 4.90. The number of aliphatic hydroxyl groups is 1. The summed E-state index contributed by atoms with van der Waals surface area (Å²) in [6.45, 7) is 8.12. The average molecular weight is 200 g/mol. The van der Waals surface area contributed by atoms with Gasteiger partial charge < -0.3 is 15.2 Å². The van der Waals surface area contributed by atoms with Crippen LogP contribution in [-0.4, -0.2) is 62.0 Å². The number of piperazine rings is 1. The lowest BCUT2D eigenvalue weighted by molar-refractivity contribution is -0.149. The molecule has 2 aliphatic rings. The predicted octanol–water partition coefficient (Wildman–Crippen LogP) is -0.711. The van der Waals surface area contributed by atoms with E-state index >= 15 is 0 Å². The van der Waals surface area contributed by atoms with E-state index in [1.54, 1.807) is 0 Å². The van der Waals surface area contributed by atoms with Gasteiger partial charge in [-0.15, -0.1) is 0 Å². The van der Waals surface area contributed by atoms with Crippen molar-refractivity contribution in [3.05, 3.63) is 0 Å². The molecule has 0 saturated carbocycles. The molecule has 0 aromatic carbocycles. The van der Waals surface area contributed by atoms with Gasteiger partial charge in [-0.1, -0.05) is 0 Å². The standard InChI is InChI=1S/C10H20N2O2/c1-9-4-12(3-2-11-9)5-10(6-13)7-14-8-10/h9,11,13H,2-8H2,1H3. The number of hydrogen-bond donors (Lipinski definition) is 2. The zero-order valence-electron chi connectivity index (χ0n) is 8.83. The number of hydrogen-bond acceptors (Lipinski definition) is 4. The molecule has 0 aliphatic carbocycles. The normalized spacial score (nSPS) is 32.6. The van der Waals surface area contributed by atoms with Crippen LogP contribution in [0, 0.1) is 5.41 Å². The van der Waals surface area contributed by atoms with E-state index in [0.717, 1.165) is 39.4 Å². The summed E-state index contributed by atoms with van der Waals surface area (Å²) < 4.78 is 5.20. The van der Waals surface area contributed by atoms with Crippen LogP contribution in [0.1, 0.15) is 6.92 Å². The Balaban J connectivity index is 1.83. The smallest absolute Gasteiger partial charge is 0.0579 e. The summed E-state index contributed by atoms with van der Waals surface area (Å²) in [5.74, 6) is 0. The van der Waals surface area contributed by atoms with Gasteiger partial charge in [-0.3, -0.25) is 4.90 Å². The first-order valence-electron chi connectivity index (χ1n) is 5.38. The lowest BCUT2D eigenvalue weighted by Crippen LogP contribution is -2.58.